The number of para-hydroxylation sites is 1. The number of pyridine rings is 1. The van der Waals surface area contributed by atoms with Gasteiger partial charge in [0.15, 0.2) is 11.6 Å². The van der Waals surface area contributed by atoms with Crippen molar-refractivity contribution in [2.24, 2.45) is 0 Å². The number of aliphatic hydroxyl groups is 1. The number of alkyl halides is 3. The van der Waals surface area contributed by atoms with Crippen molar-refractivity contribution in [2.75, 3.05) is 23.4 Å². The van der Waals surface area contributed by atoms with Crippen LogP contribution in [0, 0.1) is 0 Å². The van der Waals surface area contributed by atoms with Gasteiger partial charge in [-0.3, -0.25) is 4.79 Å². The minimum atomic E-state index is -4.80. The normalized spacial score (nSPS) is 14.1. The molecule has 0 radical (unpaired) electrons. The minimum absolute atomic E-state index is 0.231. The molecule has 2 aromatic carbocycles. The lowest BCUT2D eigenvalue weighted by Crippen LogP contribution is -2.31. The molecule has 0 spiro atoms. The van der Waals surface area contributed by atoms with Gasteiger partial charge in [-0.25, -0.2) is 4.98 Å². The Morgan fingerprint density at radius 2 is 2.00 bits per heavy atom. The topological polar surface area (TPSA) is 83.9 Å². The highest BCUT2D eigenvalue weighted by Gasteiger charge is 2.31. The Labute approximate surface area is 197 Å². The number of fused-ring (bicyclic) bond motifs is 1. The van der Waals surface area contributed by atoms with Gasteiger partial charge in [0.2, 0.25) is 0 Å². The Morgan fingerprint density at radius 3 is 2.65 bits per heavy atom. The fraction of sp³-hybridized carbons (Fsp3) is 0.217. The van der Waals surface area contributed by atoms with E-state index in [1.807, 2.05) is 4.90 Å². The molecule has 0 saturated heterocycles. The van der Waals surface area contributed by atoms with Gasteiger partial charge in [-0.1, -0.05) is 17.7 Å². The number of carbonyl (C=O) groups excluding carboxylic acids is 1. The number of hydrogen-bond donors (Lipinski definition) is 2. The van der Waals surface area contributed by atoms with Crippen LogP contribution in [0.15, 0.2) is 54.7 Å². The molecule has 1 atom stereocenters. The van der Waals surface area contributed by atoms with Gasteiger partial charge in [0.05, 0.1) is 28.9 Å². The molecule has 1 aliphatic heterocycles. The van der Waals surface area contributed by atoms with E-state index in [4.69, 9.17) is 16.3 Å². The standard InChI is InChI=1S/C23H19ClF3N3O4/c1-13(31)14-11-18(24)21(28-12-14)30-9-10-33-20-17(3-2-4-19(20)30)22(32)29-15-5-7-16(8-6-15)34-23(25,26)27/h2-8,11-13,31H,9-10H2,1H3,(H,29,32). The second-order valence-electron chi connectivity index (χ2n) is 7.43. The maximum atomic E-state index is 12.9. The van der Waals surface area contributed by atoms with Crippen LogP contribution in [-0.2, 0) is 0 Å². The maximum absolute atomic E-state index is 12.9. The Hall–Kier alpha value is -3.50. The molecule has 2 heterocycles. The average molecular weight is 494 g/mol. The Morgan fingerprint density at radius 1 is 1.26 bits per heavy atom. The highest BCUT2D eigenvalue weighted by molar-refractivity contribution is 6.33. The predicted molar refractivity (Wildman–Crippen MR) is 120 cm³/mol. The summed E-state index contributed by atoms with van der Waals surface area (Å²) in [5.74, 6) is -0.131. The molecule has 11 heteroatoms. The summed E-state index contributed by atoms with van der Waals surface area (Å²) in [6.07, 6.45) is -3.99. The maximum Gasteiger partial charge on any atom is 0.573 e. The molecule has 2 N–H and O–H groups in total. The lowest BCUT2D eigenvalue weighted by atomic mass is 10.1. The number of hydrogen-bond acceptors (Lipinski definition) is 6. The van der Waals surface area contributed by atoms with Crippen molar-refractivity contribution in [1.82, 2.24) is 4.98 Å². The molecule has 4 rings (SSSR count). The van der Waals surface area contributed by atoms with Gasteiger partial charge in [0, 0.05) is 17.4 Å². The third-order valence-corrected chi connectivity index (χ3v) is 5.30. The third kappa shape index (κ3) is 5.18. The highest BCUT2D eigenvalue weighted by atomic mass is 35.5. The summed E-state index contributed by atoms with van der Waals surface area (Å²) in [6.45, 7) is 2.30. The quantitative estimate of drug-likeness (QED) is 0.490. The number of aliphatic hydroxyl groups excluding tert-OH is 1. The first kappa shape index (κ1) is 23.7. The van der Waals surface area contributed by atoms with Crippen LogP contribution >= 0.6 is 11.6 Å². The van der Waals surface area contributed by atoms with Gasteiger partial charge in [0.1, 0.15) is 12.4 Å². The number of ether oxygens (including phenoxy) is 2. The summed E-state index contributed by atoms with van der Waals surface area (Å²) in [5, 5.41) is 12.7. The fourth-order valence-corrected chi connectivity index (χ4v) is 3.74. The van der Waals surface area contributed by atoms with E-state index >= 15 is 0 Å². The molecular formula is C23H19ClF3N3O4. The molecule has 7 nitrogen and oxygen atoms in total. The van der Waals surface area contributed by atoms with Crippen LogP contribution < -0.4 is 19.7 Å². The summed E-state index contributed by atoms with van der Waals surface area (Å²) in [4.78, 5) is 19.1. The van der Waals surface area contributed by atoms with Crippen molar-refractivity contribution < 1.29 is 32.5 Å². The summed E-state index contributed by atoms with van der Waals surface area (Å²) in [7, 11) is 0. The van der Waals surface area contributed by atoms with Crippen molar-refractivity contribution in [3.05, 3.63) is 70.9 Å². The van der Waals surface area contributed by atoms with E-state index in [1.165, 1.54) is 18.3 Å². The first-order chi connectivity index (χ1) is 16.1. The molecule has 0 bridgehead atoms. The van der Waals surface area contributed by atoms with Gasteiger partial charge in [-0.05, 0) is 49.4 Å². The number of nitrogens with zero attached hydrogens (tertiary/aromatic N) is 2. The number of amides is 1. The number of aromatic nitrogens is 1. The van der Waals surface area contributed by atoms with Crippen molar-refractivity contribution in [2.45, 2.75) is 19.4 Å². The van der Waals surface area contributed by atoms with Gasteiger partial charge >= 0.3 is 6.36 Å². The minimum Gasteiger partial charge on any atom is -0.489 e. The van der Waals surface area contributed by atoms with E-state index < -0.39 is 24.1 Å². The van der Waals surface area contributed by atoms with E-state index in [0.29, 0.717) is 34.4 Å². The van der Waals surface area contributed by atoms with Gasteiger partial charge in [0.25, 0.3) is 5.91 Å². The number of halogens is 4. The zero-order chi connectivity index (χ0) is 24.5. The van der Waals surface area contributed by atoms with Crippen molar-refractivity contribution >= 4 is 34.7 Å². The van der Waals surface area contributed by atoms with E-state index in [2.05, 4.69) is 15.0 Å². The zero-order valence-corrected chi connectivity index (χ0v) is 18.5. The predicted octanol–water partition coefficient (Wildman–Crippen LogP) is 5.47. The molecule has 1 aliphatic rings. The van der Waals surface area contributed by atoms with Crippen molar-refractivity contribution in [1.29, 1.82) is 0 Å². The average Bonchev–Trinajstić information content (AvgIpc) is 2.78. The molecule has 1 aromatic heterocycles. The molecule has 3 aromatic rings. The van der Waals surface area contributed by atoms with Crippen LogP contribution in [0.3, 0.4) is 0 Å². The summed E-state index contributed by atoms with van der Waals surface area (Å²) in [5.41, 5.74) is 1.66. The number of benzene rings is 2. The summed E-state index contributed by atoms with van der Waals surface area (Å²) in [6, 6.07) is 11.4. The third-order valence-electron chi connectivity index (χ3n) is 5.02. The molecule has 0 aliphatic carbocycles. The lowest BCUT2D eigenvalue weighted by molar-refractivity contribution is -0.274. The van der Waals surface area contributed by atoms with Crippen molar-refractivity contribution in [3.8, 4) is 11.5 Å². The second kappa shape index (κ2) is 9.40. The summed E-state index contributed by atoms with van der Waals surface area (Å²) >= 11 is 6.42. The van der Waals surface area contributed by atoms with E-state index in [0.717, 1.165) is 12.1 Å². The highest BCUT2D eigenvalue weighted by Crippen LogP contribution is 2.41. The van der Waals surface area contributed by atoms with Crippen LogP contribution in [0.4, 0.5) is 30.4 Å². The van der Waals surface area contributed by atoms with Gasteiger partial charge in [-0.15, -0.1) is 13.2 Å². The van der Waals surface area contributed by atoms with Crippen LogP contribution in [0.25, 0.3) is 0 Å². The van der Waals surface area contributed by atoms with Gasteiger partial charge in [-0.2, -0.15) is 0 Å². The van der Waals surface area contributed by atoms with Gasteiger partial charge < -0.3 is 24.8 Å². The lowest BCUT2D eigenvalue weighted by Gasteiger charge is -2.32. The van der Waals surface area contributed by atoms with Crippen LogP contribution in [0.2, 0.25) is 5.02 Å². The Kier molecular flexibility index (Phi) is 6.54. The molecule has 34 heavy (non-hydrogen) atoms. The second-order valence-corrected chi connectivity index (χ2v) is 7.84. The van der Waals surface area contributed by atoms with Crippen LogP contribution in [0.1, 0.15) is 28.9 Å². The van der Waals surface area contributed by atoms with E-state index in [9.17, 15) is 23.1 Å². The Balaban J connectivity index is 1.58. The fourth-order valence-electron chi connectivity index (χ4n) is 3.46. The SMILES string of the molecule is CC(O)c1cnc(N2CCOc3c(C(=O)Nc4ccc(OC(F)(F)F)cc4)cccc32)c(Cl)c1. The molecule has 0 fully saturated rings. The molecule has 1 unspecified atom stereocenters. The monoisotopic (exact) mass is 493 g/mol. The molecule has 0 saturated carbocycles. The number of rotatable bonds is 5. The molecule has 1 amide bonds. The van der Waals surface area contributed by atoms with E-state index in [1.54, 1.807) is 31.2 Å². The molecule has 178 valence electrons. The van der Waals surface area contributed by atoms with Crippen molar-refractivity contribution in [3.63, 3.8) is 0 Å². The van der Waals surface area contributed by atoms with E-state index in [-0.39, 0.29) is 17.9 Å². The first-order valence-electron chi connectivity index (χ1n) is 10.2. The smallest absolute Gasteiger partial charge is 0.489 e. The summed E-state index contributed by atoms with van der Waals surface area (Å²) < 4.78 is 46.6. The molecular weight excluding hydrogens is 475 g/mol. The number of nitrogens with one attached hydrogen (secondary N) is 1. The van der Waals surface area contributed by atoms with Crippen LogP contribution in [0.5, 0.6) is 11.5 Å². The first-order valence-corrected chi connectivity index (χ1v) is 10.5. The number of anilines is 3. The number of carbonyl (C=O) groups is 1. The Bertz CT molecular complexity index is 1200. The largest absolute Gasteiger partial charge is 0.573 e. The van der Waals surface area contributed by atoms with Crippen LogP contribution in [-0.4, -0.2) is 35.5 Å². The zero-order valence-electron chi connectivity index (χ0n) is 17.8.